The van der Waals surface area contributed by atoms with Crippen LogP contribution in [0, 0.1) is 5.92 Å². The lowest BCUT2D eigenvalue weighted by molar-refractivity contribution is -0.120. The van der Waals surface area contributed by atoms with Gasteiger partial charge in [-0.25, -0.2) is 0 Å². The van der Waals surface area contributed by atoms with Crippen molar-refractivity contribution in [2.45, 2.75) is 13.8 Å². The van der Waals surface area contributed by atoms with Gasteiger partial charge in [-0.2, -0.15) is 0 Å². The minimum Gasteiger partial charge on any atom is -0.373 e. The third-order valence-corrected chi connectivity index (χ3v) is 1.90. The van der Waals surface area contributed by atoms with Gasteiger partial charge in [0.2, 0.25) is 0 Å². The topological polar surface area (TPSA) is 32.3 Å². The van der Waals surface area contributed by atoms with Crippen molar-refractivity contribution in [2.75, 3.05) is 13.2 Å². The van der Waals surface area contributed by atoms with Crippen molar-refractivity contribution in [3.63, 3.8) is 0 Å². The Bertz CT molecular complexity index is 177. The molecule has 0 aromatic heterocycles. The molecule has 0 fully saturated rings. The molecule has 0 amide bonds. The summed E-state index contributed by atoms with van der Waals surface area (Å²) in [4.78, 5) is 12.9. The lowest BCUT2D eigenvalue weighted by Crippen LogP contribution is -2.28. The zero-order valence-electron chi connectivity index (χ0n) is 7.00. The monoisotopic (exact) mass is 154 g/mol. The Hall–Kier alpha value is -0.990. The van der Waals surface area contributed by atoms with Crippen LogP contribution in [0.15, 0.2) is 12.4 Å². The zero-order chi connectivity index (χ0) is 8.27. The van der Waals surface area contributed by atoms with Crippen molar-refractivity contribution in [1.82, 2.24) is 10.2 Å². The second kappa shape index (κ2) is 3.42. The van der Waals surface area contributed by atoms with Gasteiger partial charge in [-0.05, 0) is 6.92 Å². The molecule has 1 aliphatic heterocycles. The van der Waals surface area contributed by atoms with Gasteiger partial charge in [0.15, 0.2) is 0 Å². The zero-order valence-corrected chi connectivity index (χ0v) is 7.00. The minimum atomic E-state index is 0.138. The summed E-state index contributed by atoms with van der Waals surface area (Å²) in [6.45, 7) is 5.24. The van der Waals surface area contributed by atoms with Gasteiger partial charge < -0.3 is 10.2 Å². The Morgan fingerprint density at radius 1 is 1.82 bits per heavy atom. The largest absolute Gasteiger partial charge is 0.373 e. The molecule has 1 unspecified atom stereocenters. The third-order valence-electron chi connectivity index (χ3n) is 1.90. The highest BCUT2D eigenvalue weighted by atomic mass is 16.1. The molecule has 0 aromatic carbocycles. The van der Waals surface area contributed by atoms with Crippen LogP contribution in [0.2, 0.25) is 0 Å². The number of rotatable bonds is 3. The first-order chi connectivity index (χ1) is 5.20. The van der Waals surface area contributed by atoms with Gasteiger partial charge in [-0.3, -0.25) is 4.79 Å². The van der Waals surface area contributed by atoms with Gasteiger partial charge in [-0.1, -0.05) is 6.92 Å². The van der Waals surface area contributed by atoms with Gasteiger partial charge in [0.25, 0.3) is 0 Å². The Kier molecular flexibility index (Phi) is 2.52. The second-order valence-corrected chi connectivity index (χ2v) is 2.96. The number of Topliss-reactive ketones (excluding diaryl/α,β-unsaturated/α-hetero) is 1. The predicted molar refractivity (Wildman–Crippen MR) is 43.7 cm³/mol. The number of carbonyl (C=O) groups is 1. The van der Waals surface area contributed by atoms with E-state index in [0.29, 0.717) is 0 Å². The van der Waals surface area contributed by atoms with E-state index in [2.05, 4.69) is 10.2 Å². The first-order valence-electron chi connectivity index (χ1n) is 3.84. The molecule has 0 aliphatic carbocycles. The Morgan fingerprint density at radius 2 is 2.55 bits per heavy atom. The maximum absolute atomic E-state index is 10.9. The summed E-state index contributed by atoms with van der Waals surface area (Å²) in [7, 11) is 0. The van der Waals surface area contributed by atoms with Crippen LogP contribution in [0.25, 0.3) is 0 Å². The summed E-state index contributed by atoms with van der Waals surface area (Å²) in [5, 5.41) is 3.05. The van der Waals surface area contributed by atoms with E-state index in [1.165, 1.54) is 0 Å². The fraction of sp³-hybridized carbons (Fsp3) is 0.625. The van der Waals surface area contributed by atoms with E-state index in [0.717, 1.165) is 13.2 Å². The van der Waals surface area contributed by atoms with E-state index in [1.807, 2.05) is 19.3 Å². The van der Waals surface area contributed by atoms with E-state index in [-0.39, 0.29) is 11.7 Å². The SMILES string of the molecule is CC(=O)C(C)CN1C=CNC1. The summed E-state index contributed by atoms with van der Waals surface area (Å²) >= 11 is 0. The molecule has 0 saturated heterocycles. The van der Waals surface area contributed by atoms with Crippen molar-refractivity contribution in [3.05, 3.63) is 12.4 Å². The molecule has 62 valence electrons. The van der Waals surface area contributed by atoms with Crippen molar-refractivity contribution >= 4 is 5.78 Å². The van der Waals surface area contributed by atoms with Crippen LogP contribution in [0.4, 0.5) is 0 Å². The number of hydrogen-bond donors (Lipinski definition) is 1. The molecule has 1 N–H and O–H groups in total. The van der Waals surface area contributed by atoms with Crippen LogP contribution < -0.4 is 5.32 Å². The summed E-state index contributed by atoms with van der Waals surface area (Å²) in [6.07, 6.45) is 3.87. The number of carbonyl (C=O) groups excluding carboxylic acids is 1. The molecule has 11 heavy (non-hydrogen) atoms. The maximum Gasteiger partial charge on any atom is 0.134 e. The first kappa shape index (κ1) is 8.11. The van der Waals surface area contributed by atoms with E-state index in [1.54, 1.807) is 6.92 Å². The highest BCUT2D eigenvalue weighted by Crippen LogP contribution is 2.03. The third kappa shape index (κ3) is 2.26. The molecule has 1 aliphatic rings. The molecule has 1 rings (SSSR count). The maximum atomic E-state index is 10.9. The highest BCUT2D eigenvalue weighted by molar-refractivity contribution is 5.78. The molecule has 0 aromatic rings. The standard InChI is InChI=1S/C8H14N2O/c1-7(8(2)11)5-10-4-3-9-6-10/h3-4,7,9H,5-6H2,1-2H3. The number of hydrogen-bond acceptors (Lipinski definition) is 3. The minimum absolute atomic E-state index is 0.138. The lowest BCUT2D eigenvalue weighted by atomic mass is 10.1. The summed E-state index contributed by atoms with van der Waals surface area (Å²) in [5.74, 6) is 0.393. The number of ketones is 1. The fourth-order valence-electron chi connectivity index (χ4n) is 0.987. The second-order valence-electron chi connectivity index (χ2n) is 2.96. The molecule has 3 nitrogen and oxygen atoms in total. The van der Waals surface area contributed by atoms with Gasteiger partial charge in [0, 0.05) is 24.9 Å². The van der Waals surface area contributed by atoms with Crippen molar-refractivity contribution in [1.29, 1.82) is 0 Å². The average molecular weight is 154 g/mol. The molecular formula is C8H14N2O. The van der Waals surface area contributed by atoms with E-state index >= 15 is 0 Å². The number of nitrogens with one attached hydrogen (secondary N) is 1. The average Bonchev–Trinajstić information content (AvgIpc) is 2.39. The predicted octanol–water partition coefficient (Wildman–Crippen LogP) is 0.545. The molecule has 1 heterocycles. The van der Waals surface area contributed by atoms with Gasteiger partial charge in [-0.15, -0.1) is 0 Å². The Morgan fingerprint density at radius 3 is 3.00 bits per heavy atom. The molecule has 3 heteroatoms. The van der Waals surface area contributed by atoms with E-state index in [9.17, 15) is 4.79 Å². The van der Waals surface area contributed by atoms with Gasteiger partial charge in [0.05, 0.1) is 6.67 Å². The van der Waals surface area contributed by atoms with Crippen LogP contribution in [-0.2, 0) is 4.79 Å². The molecule has 0 saturated carbocycles. The number of nitrogens with zero attached hydrogens (tertiary/aromatic N) is 1. The van der Waals surface area contributed by atoms with E-state index in [4.69, 9.17) is 0 Å². The summed E-state index contributed by atoms with van der Waals surface area (Å²) in [6, 6.07) is 0. The summed E-state index contributed by atoms with van der Waals surface area (Å²) in [5.41, 5.74) is 0. The summed E-state index contributed by atoms with van der Waals surface area (Å²) < 4.78 is 0. The van der Waals surface area contributed by atoms with Crippen LogP contribution >= 0.6 is 0 Å². The van der Waals surface area contributed by atoms with Crippen molar-refractivity contribution in [3.8, 4) is 0 Å². The smallest absolute Gasteiger partial charge is 0.134 e. The molecular weight excluding hydrogens is 140 g/mol. The first-order valence-corrected chi connectivity index (χ1v) is 3.84. The molecule has 0 radical (unpaired) electrons. The van der Waals surface area contributed by atoms with Crippen LogP contribution in [0.1, 0.15) is 13.8 Å². The van der Waals surface area contributed by atoms with Gasteiger partial charge in [0.1, 0.15) is 5.78 Å². The normalized spacial score (nSPS) is 18.2. The molecule has 0 bridgehead atoms. The Balaban J connectivity index is 2.29. The van der Waals surface area contributed by atoms with Crippen molar-refractivity contribution < 1.29 is 4.79 Å². The van der Waals surface area contributed by atoms with Gasteiger partial charge >= 0.3 is 0 Å². The molecule has 0 spiro atoms. The van der Waals surface area contributed by atoms with E-state index < -0.39 is 0 Å². The fourth-order valence-corrected chi connectivity index (χ4v) is 0.987. The lowest BCUT2D eigenvalue weighted by Gasteiger charge is -2.17. The highest BCUT2D eigenvalue weighted by Gasteiger charge is 2.12. The Labute approximate surface area is 67.1 Å². The van der Waals surface area contributed by atoms with Crippen LogP contribution in [0.5, 0.6) is 0 Å². The van der Waals surface area contributed by atoms with Crippen LogP contribution in [-0.4, -0.2) is 23.9 Å². The van der Waals surface area contributed by atoms with Crippen molar-refractivity contribution in [2.24, 2.45) is 5.92 Å². The molecule has 1 atom stereocenters. The van der Waals surface area contributed by atoms with Crippen LogP contribution in [0.3, 0.4) is 0 Å². The quantitative estimate of drug-likeness (QED) is 0.644.